The van der Waals surface area contributed by atoms with Crippen LogP contribution in [-0.2, 0) is 17.9 Å². The van der Waals surface area contributed by atoms with Crippen LogP contribution in [0.15, 0.2) is 23.6 Å². The molecule has 6 nitrogen and oxygen atoms in total. The molecule has 1 fully saturated rings. The van der Waals surface area contributed by atoms with Crippen molar-refractivity contribution in [2.45, 2.75) is 52.7 Å². The molecule has 3 rings (SSSR count). The van der Waals surface area contributed by atoms with Crippen molar-refractivity contribution in [2.24, 2.45) is 11.8 Å². The highest BCUT2D eigenvalue weighted by atomic mass is 32.1. The van der Waals surface area contributed by atoms with E-state index in [9.17, 15) is 4.79 Å². The minimum absolute atomic E-state index is 0.184. The van der Waals surface area contributed by atoms with Crippen molar-refractivity contribution >= 4 is 17.2 Å². The zero-order chi connectivity index (χ0) is 21.5. The van der Waals surface area contributed by atoms with Gasteiger partial charge in [-0.1, -0.05) is 32.8 Å². The summed E-state index contributed by atoms with van der Waals surface area (Å²) < 4.78 is 16.7. The Morgan fingerprint density at radius 1 is 1.20 bits per heavy atom. The van der Waals surface area contributed by atoms with Crippen molar-refractivity contribution in [3.05, 3.63) is 34.3 Å². The lowest BCUT2D eigenvalue weighted by atomic mass is 10.1. The predicted molar refractivity (Wildman–Crippen MR) is 118 cm³/mol. The number of hydrogen-bond acceptors (Lipinski definition) is 6. The molecule has 1 aliphatic carbocycles. The molecule has 1 amide bonds. The van der Waals surface area contributed by atoms with Crippen molar-refractivity contribution in [3.8, 4) is 17.2 Å². The maximum atomic E-state index is 13.0. The summed E-state index contributed by atoms with van der Waals surface area (Å²) in [5.74, 6) is 2.70. The summed E-state index contributed by atoms with van der Waals surface area (Å²) in [7, 11) is 3.21. The summed E-state index contributed by atoms with van der Waals surface area (Å²) >= 11 is 1.54. The second-order valence-corrected chi connectivity index (χ2v) is 9.05. The van der Waals surface area contributed by atoms with E-state index in [1.165, 1.54) is 0 Å². The normalized spacial score (nSPS) is 14.2. The van der Waals surface area contributed by atoms with Crippen LogP contribution in [0.2, 0.25) is 0 Å². The summed E-state index contributed by atoms with van der Waals surface area (Å²) in [4.78, 5) is 19.7. The molecule has 0 atom stereocenters. The number of benzene rings is 1. The average Bonchev–Trinajstić information content (AvgIpc) is 3.43. The molecule has 1 heterocycles. The van der Waals surface area contributed by atoms with Crippen LogP contribution in [0.25, 0.3) is 0 Å². The van der Waals surface area contributed by atoms with E-state index in [-0.39, 0.29) is 11.8 Å². The number of ether oxygens (including phenoxy) is 3. The molecule has 1 aliphatic rings. The van der Waals surface area contributed by atoms with Gasteiger partial charge in [-0.15, -0.1) is 11.3 Å². The largest absolute Gasteiger partial charge is 0.493 e. The van der Waals surface area contributed by atoms with Gasteiger partial charge in [-0.05, 0) is 30.9 Å². The summed E-state index contributed by atoms with van der Waals surface area (Å²) in [5, 5.41) is 2.88. The number of rotatable bonds is 10. The van der Waals surface area contributed by atoms with Crippen LogP contribution in [0, 0.1) is 11.8 Å². The number of para-hydroxylation sites is 1. The molecular weight excluding hydrogens is 400 g/mol. The van der Waals surface area contributed by atoms with E-state index >= 15 is 0 Å². The molecule has 1 aromatic heterocycles. The molecular formula is C23H32N2O4S. The Hall–Kier alpha value is -2.28. The van der Waals surface area contributed by atoms with Crippen LogP contribution in [0.3, 0.4) is 0 Å². The van der Waals surface area contributed by atoms with E-state index in [4.69, 9.17) is 19.2 Å². The van der Waals surface area contributed by atoms with Crippen LogP contribution >= 0.6 is 11.3 Å². The van der Waals surface area contributed by atoms with Gasteiger partial charge < -0.3 is 19.1 Å². The molecule has 0 bridgehead atoms. The maximum absolute atomic E-state index is 13.0. The van der Waals surface area contributed by atoms with Crippen LogP contribution in [-0.4, -0.2) is 36.6 Å². The van der Waals surface area contributed by atoms with Crippen molar-refractivity contribution < 1.29 is 19.0 Å². The third-order valence-corrected chi connectivity index (χ3v) is 6.15. The smallest absolute Gasteiger partial charge is 0.226 e. The molecule has 0 unspecified atom stereocenters. The van der Waals surface area contributed by atoms with Crippen LogP contribution in [0.1, 0.15) is 50.2 Å². The van der Waals surface area contributed by atoms with Gasteiger partial charge in [0.05, 0.1) is 26.5 Å². The minimum Gasteiger partial charge on any atom is -0.493 e. The third-order valence-electron chi connectivity index (χ3n) is 5.28. The number of nitrogens with zero attached hydrogens (tertiary/aromatic N) is 2. The molecule has 30 heavy (non-hydrogen) atoms. The van der Waals surface area contributed by atoms with Gasteiger partial charge in [0, 0.05) is 17.8 Å². The van der Waals surface area contributed by atoms with Gasteiger partial charge in [-0.3, -0.25) is 4.79 Å². The first-order chi connectivity index (χ1) is 14.5. The fourth-order valence-corrected chi connectivity index (χ4v) is 4.58. The quantitative estimate of drug-likeness (QED) is 0.534. The molecule has 0 spiro atoms. The van der Waals surface area contributed by atoms with E-state index in [2.05, 4.69) is 13.8 Å². The number of thiazole rings is 1. The first kappa shape index (κ1) is 22.4. The fraction of sp³-hybridized carbons (Fsp3) is 0.565. The second kappa shape index (κ2) is 10.7. The molecule has 164 valence electrons. The van der Waals surface area contributed by atoms with Crippen molar-refractivity contribution in [2.75, 3.05) is 20.8 Å². The number of carbonyl (C=O) groups excluding carboxylic acids is 1. The fourth-order valence-electron chi connectivity index (χ4n) is 3.88. The van der Waals surface area contributed by atoms with E-state index in [0.29, 0.717) is 36.3 Å². The molecule has 0 aliphatic heterocycles. The molecule has 2 aromatic rings. The summed E-state index contributed by atoms with van der Waals surface area (Å²) in [6, 6.07) is 5.53. The number of carbonyl (C=O) groups is 1. The highest BCUT2D eigenvalue weighted by molar-refractivity contribution is 7.09. The Morgan fingerprint density at radius 2 is 1.87 bits per heavy atom. The van der Waals surface area contributed by atoms with E-state index in [1.807, 2.05) is 28.5 Å². The molecule has 1 aromatic carbocycles. The van der Waals surface area contributed by atoms with Gasteiger partial charge in [-0.2, -0.15) is 0 Å². The van der Waals surface area contributed by atoms with Gasteiger partial charge >= 0.3 is 0 Å². The van der Waals surface area contributed by atoms with Gasteiger partial charge in [0.25, 0.3) is 0 Å². The summed E-state index contributed by atoms with van der Waals surface area (Å²) in [5.41, 5.74) is 0.914. The van der Waals surface area contributed by atoms with Gasteiger partial charge in [0.15, 0.2) is 11.5 Å². The molecule has 7 heteroatoms. The van der Waals surface area contributed by atoms with E-state index < -0.39 is 0 Å². The Balaban J connectivity index is 1.65. The monoisotopic (exact) mass is 432 g/mol. The van der Waals surface area contributed by atoms with Crippen LogP contribution < -0.4 is 14.2 Å². The van der Waals surface area contributed by atoms with E-state index in [0.717, 1.165) is 42.9 Å². The highest BCUT2D eigenvalue weighted by Crippen LogP contribution is 2.37. The number of aromatic nitrogens is 1. The number of amides is 1. The predicted octanol–water partition coefficient (Wildman–Crippen LogP) is 4.91. The second-order valence-electron chi connectivity index (χ2n) is 8.11. The topological polar surface area (TPSA) is 60.9 Å². The third kappa shape index (κ3) is 5.65. The maximum Gasteiger partial charge on any atom is 0.226 e. The first-order valence-electron chi connectivity index (χ1n) is 10.6. The summed E-state index contributed by atoms with van der Waals surface area (Å²) in [6.45, 7) is 5.94. The molecule has 0 radical (unpaired) electrons. The van der Waals surface area contributed by atoms with Crippen LogP contribution in [0.4, 0.5) is 0 Å². The Morgan fingerprint density at radius 3 is 2.47 bits per heavy atom. The van der Waals surface area contributed by atoms with E-state index in [1.54, 1.807) is 25.6 Å². The van der Waals surface area contributed by atoms with Gasteiger partial charge in [-0.25, -0.2) is 4.98 Å². The lowest BCUT2D eigenvalue weighted by Gasteiger charge is -2.26. The number of hydrogen-bond donors (Lipinski definition) is 0. The molecule has 0 N–H and O–H groups in total. The standard InChI is InChI=1S/C23H32N2O4S/c1-16(2)12-25(23(26)17-8-5-6-9-17)13-18-15-30-21(24-18)14-29-22-19(27-3)10-7-11-20(22)28-4/h7,10-11,15-17H,5-6,8-9,12-14H2,1-4H3. The zero-order valence-electron chi connectivity index (χ0n) is 18.3. The van der Waals surface area contributed by atoms with Gasteiger partial charge in [0.2, 0.25) is 11.7 Å². The van der Waals surface area contributed by atoms with Crippen molar-refractivity contribution in [1.29, 1.82) is 0 Å². The zero-order valence-corrected chi connectivity index (χ0v) is 19.2. The summed E-state index contributed by atoms with van der Waals surface area (Å²) in [6.07, 6.45) is 4.36. The lowest BCUT2D eigenvalue weighted by Crippen LogP contribution is -2.37. The SMILES string of the molecule is COc1cccc(OC)c1OCc1nc(CN(CC(C)C)C(=O)C2CCCC2)cs1. The van der Waals surface area contributed by atoms with Crippen LogP contribution in [0.5, 0.6) is 17.2 Å². The minimum atomic E-state index is 0.184. The highest BCUT2D eigenvalue weighted by Gasteiger charge is 2.28. The average molecular weight is 433 g/mol. The molecule has 1 saturated carbocycles. The Bertz CT molecular complexity index is 808. The lowest BCUT2D eigenvalue weighted by molar-refractivity contribution is -0.136. The first-order valence-corrected chi connectivity index (χ1v) is 11.5. The number of methoxy groups -OCH3 is 2. The Labute approximate surface area is 183 Å². The van der Waals surface area contributed by atoms with Gasteiger partial charge in [0.1, 0.15) is 11.6 Å². The van der Waals surface area contributed by atoms with Crippen molar-refractivity contribution in [3.63, 3.8) is 0 Å². The van der Waals surface area contributed by atoms with Crippen molar-refractivity contribution in [1.82, 2.24) is 9.88 Å². The Kier molecular flexibility index (Phi) is 7.96. The molecule has 0 saturated heterocycles.